The summed E-state index contributed by atoms with van der Waals surface area (Å²) in [5.41, 5.74) is 2.37. The van der Waals surface area contributed by atoms with E-state index >= 15 is 0 Å². The number of anilines is 4. The predicted molar refractivity (Wildman–Crippen MR) is 119 cm³/mol. The summed E-state index contributed by atoms with van der Waals surface area (Å²) in [6, 6.07) is 20.6. The number of rotatable bonds is 6. The van der Waals surface area contributed by atoms with Crippen LogP contribution in [0.25, 0.3) is 0 Å². The summed E-state index contributed by atoms with van der Waals surface area (Å²) >= 11 is 0. The molecule has 1 aliphatic rings. The minimum atomic E-state index is 0.797. The maximum Gasteiger partial charge on any atom is 0.227 e. The Morgan fingerprint density at radius 1 is 0.897 bits per heavy atom. The highest BCUT2D eigenvalue weighted by Crippen LogP contribution is 2.25. The summed E-state index contributed by atoms with van der Waals surface area (Å²) in [4.78, 5) is 16.3. The number of para-hydroxylation sites is 1. The van der Waals surface area contributed by atoms with E-state index in [1.165, 1.54) is 5.69 Å². The lowest BCUT2D eigenvalue weighted by atomic mass is 10.2. The second kappa shape index (κ2) is 8.82. The average Bonchev–Trinajstić information content (AvgIpc) is 2.81. The van der Waals surface area contributed by atoms with Gasteiger partial charge in [-0.3, -0.25) is 0 Å². The van der Waals surface area contributed by atoms with E-state index in [0.29, 0.717) is 0 Å². The van der Waals surface area contributed by atoms with E-state index in [-0.39, 0.29) is 0 Å². The van der Waals surface area contributed by atoms with Crippen LogP contribution in [0.5, 0.6) is 5.75 Å². The molecule has 0 N–H and O–H groups in total. The first-order valence-electron chi connectivity index (χ1n) is 10.1. The van der Waals surface area contributed by atoms with E-state index in [4.69, 9.17) is 9.72 Å². The zero-order valence-corrected chi connectivity index (χ0v) is 17.0. The molecule has 0 radical (unpaired) electrons. The van der Waals surface area contributed by atoms with Gasteiger partial charge in [-0.1, -0.05) is 18.2 Å². The molecule has 0 amide bonds. The zero-order chi connectivity index (χ0) is 20.1. The molecule has 1 fully saturated rings. The van der Waals surface area contributed by atoms with E-state index < -0.39 is 0 Å². The van der Waals surface area contributed by atoms with E-state index in [1.807, 2.05) is 30.5 Å². The van der Waals surface area contributed by atoms with Crippen molar-refractivity contribution in [3.63, 3.8) is 0 Å². The minimum Gasteiger partial charge on any atom is -0.497 e. The smallest absolute Gasteiger partial charge is 0.227 e. The third-order valence-electron chi connectivity index (χ3n) is 5.29. The minimum absolute atomic E-state index is 0.797. The molecule has 0 bridgehead atoms. The molecule has 150 valence electrons. The summed E-state index contributed by atoms with van der Waals surface area (Å²) in [5.74, 6) is 2.61. The second-order valence-corrected chi connectivity index (χ2v) is 6.97. The Kier molecular flexibility index (Phi) is 5.79. The van der Waals surface area contributed by atoms with E-state index in [9.17, 15) is 0 Å². The van der Waals surface area contributed by atoms with Crippen molar-refractivity contribution in [1.29, 1.82) is 0 Å². The molecule has 0 atom stereocenters. The molecule has 6 nitrogen and oxygen atoms in total. The molecule has 1 aromatic heterocycles. The molecular weight excluding hydrogens is 362 g/mol. The zero-order valence-electron chi connectivity index (χ0n) is 17.0. The van der Waals surface area contributed by atoms with Gasteiger partial charge in [0.25, 0.3) is 0 Å². The van der Waals surface area contributed by atoms with Gasteiger partial charge in [0.15, 0.2) is 0 Å². The predicted octanol–water partition coefficient (Wildman–Crippen LogP) is 3.97. The fourth-order valence-electron chi connectivity index (χ4n) is 3.68. The van der Waals surface area contributed by atoms with Gasteiger partial charge in [0.05, 0.1) is 7.11 Å². The molecule has 1 aliphatic heterocycles. The van der Waals surface area contributed by atoms with Crippen molar-refractivity contribution in [2.45, 2.75) is 6.92 Å². The van der Waals surface area contributed by atoms with Crippen LogP contribution in [-0.2, 0) is 0 Å². The van der Waals surface area contributed by atoms with Gasteiger partial charge in [0, 0.05) is 50.3 Å². The lowest BCUT2D eigenvalue weighted by Gasteiger charge is -2.36. The van der Waals surface area contributed by atoms with Gasteiger partial charge >= 0.3 is 0 Å². The van der Waals surface area contributed by atoms with Gasteiger partial charge in [0.1, 0.15) is 11.6 Å². The number of benzene rings is 2. The van der Waals surface area contributed by atoms with Crippen LogP contribution in [0.4, 0.5) is 23.1 Å². The highest BCUT2D eigenvalue weighted by Gasteiger charge is 2.20. The van der Waals surface area contributed by atoms with Gasteiger partial charge in [-0.2, -0.15) is 4.98 Å². The molecule has 3 aromatic rings. The summed E-state index contributed by atoms with van der Waals surface area (Å²) in [7, 11) is 1.69. The van der Waals surface area contributed by atoms with Crippen molar-refractivity contribution in [1.82, 2.24) is 9.97 Å². The van der Waals surface area contributed by atoms with Gasteiger partial charge in [0.2, 0.25) is 5.95 Å². The Hall–Kier alpha value is -3.28. The fraction of sp³-hybridized carbons (Fsp3) is 0.304. The number of hydrogen-bond donors (Lipinski definition) is 0. The first-order chi connectivity index (χ1) is 14.3. The molecule has 0 saturated carbocycles. The summed E-state index contributed by atoms with van der Waals surface area (Å²) < 4.78 is 5.26. The molecule has 1 saturated heterocycles. The van der Waals surface area contributed by atoms with Crippen molar-refractivity contribution in [2.75, 3.05) is 54.5 Å². The number of nitrogens with zero attached hydrogens (tertiary/aromatic N) is 5. The van der Waals surface area contributed by atoms with Crippen LogP contribution in [-0.4, -0.2) is 49.8 Å². The van der Waals surface area contributed by atoms with Gasteiger partial charge in [-0.25, -0.2) is 4.98 Å². The Morgan fingerprint density at radius 3 is 2.24 bits per heavy atom. The molecule has 6 heteroatoms. The summed E-state index contributed by atoms with van der Waals surface area (Å²) in [6.45, 7) is 6.67. The van der Waals surface area contributed by atoms with E-state index in [1.54, 1.807) is 7.11 Å². The Balaban J connectivity index is 1.45. The Bertz CT molecular complexity index is 908. The van der Waals surface area contributed by atoms with Crippen LogP contribution in [0, 0.1) is 0 Å². The largest absolute Gasteiger partial charge is 0.497 e. The van der Waals surface area contributed by atoms with Crippen LogP contribution < -0.4 is 19.4 Å². The molecule has 4 rings (SSSR count). The molecule has 0 aliphatic carbocycles. The lowest BCUT2D eigenvalue weighted by molar-refractivity contribution is 0.415. The van der Waals surface area contributed by atoms with Crippen LogP contribution in [0.3, 0.4) is 0 Å². The van der Waals surface area contributed by atoms with Crippen LogP contribution in [0.2, 0.25) is 0 Å². The molecule has 29 heavy (non-hydrogen) atoms. The first kappa shape index (κ1) is 19.1. The maximum absolute atomic E-state index is 5.26. The monoisotopic (exact) mass is 389 g/mol. The highest BCUT2D eigenvalue weighted by molar-refractivity contribution is 5.60. The van der Waals surface area contributed by atoms with Crippen molar-refractivity contribution >= 4 is 23.1 Å². The van der Waals surface area contributed by atoms with E-state index in [2.05, 4.69) is 63.0 Å². The number of methoxy groups -OCH3 is 1. The SMILES string of the molecule is CCN(c1ccccc1)c1ccnc(N2CCN(c3ccc(OC)cc3)CC2)n1. The Labute approximate surface area is 172 Å². The quantitative estimate of drug-likeness (QED) is 0.636. The number of piperazine rings is 1. The number of ether oxygens (including phenoxy) is 1. The third kappa shape index (κ3) is 4.26. The maximum atomic E-state index is 5.26. The lowest BCUT2D eigenvalue weighted by Crippen LogP contribution is -2.47. The van der Waals surface area contributed by atoms with Crippen LogP contribution in [0.15, 0.2) is 66.9 Å². The molecular formula is C23H27N5O. The van der Waals surface area contributed by atoms with Crippen molar-refractivity contribution in [3.8, 4) is 5.75 Å². The van der Waals surface area contributed by atoms with Crippen LogP contribution >= 0.6 is 0 Å². The van der Waals surface area contributed by atoms with Gasteiger partial charge in [-0.05, 0) is 49.4 Å². The number of hydrogen-bond acceptors (Lipinski definition) is 6. The van der Waals surface area contributed by atoms with E-state index in [0.717, 1.165) is 55.9 Å². The van der Waals surface area contributed by atoms with Gasteiger partial charge in [-0.15, -0.1) is 0 Å². The molecule has 2 aromatic carbocycles. The van der Waals surface area contributed by atoms with Crippen molar-refractivity contribution < 1.29 is 4.74 Å². The number of aromatic nitrogens is 2. The standard InChI is InChI=1S/C23H27N5O/c1-3-28(20-7-5-4-6-8-20)22-13-14-24-23(25-22)27-17-15-26(16-18-27)19-9-11-21(29-2)12-10-19/h4-14H,3,15-18H2,1-2H3. The van der Waals surface area contributed by atoms with Crippen molar-refractivity contribution in [2.24, 2.45) is 0 Å². The first-order valence-corrected chi connectivity index (χ1v) is 10.1. The summed E-state index contributed by atoms with van der Waals surface area (Å²) in [6.07, 6.45) is 1.86. The third-order valence-corrected chi connectivity index (χ3v) is 5.29. The average molecular weight is 390 g/mol. The fourth-order valence-corrected chi connectivity index (χ4v) is 3.68. The topological polar surface area (TPSA) is 44.7 Å². The normalized spacial score (nSPS) is 14.0. The summed E-state index contributed by atoms with van der Waals surface area (Å²) in [5, 5.41) is 0. The van der Waals surface area contributed by atoms with Gasteiger partial charge < -0.3 is 19.4 Å². The molecule has 0 unspecified atom stereocenters. The highest BCUT2D eigenvalue weighted by atomic mass is 16.5. The van der Waals surface area contributed by atoms with Crippen LogP contribution in [0.1, 0.15) is 6.92 Å². The molecule has 2 heterocycles. The molecule has 0 spiro atoms. The Morgan fingerprint density at radius 2 is 1.59 bits per heavy atom. The van der Waals surface area contributed by atoms with Crippen molar-refractivity contribution in [3.05, 3.63) is 66.9 Å². The second-order valence-electron chi connectivity index (χ2n) is 6.97.